The minimum Gasteiger partial charge on any atom is -0.356 e. The molecule has 6 heteroatoms. The van der Waals surface area contributed by atoms with Crippen molar-refractivity contribution in [1.82, 2.24) is 0 Å². The second-order valence-corrected chi connectivity index (χ2v) is 8.88. The van der Waals surface area contributed by atoms with Crippen molar-refractivity contribution < 1.29 is 18.9 Å². The first kappa shape index (κ1) is 20.6. The van der Waals surface area contributed by atoms with Gasteiger partial charge in [0.15, 0.2) is 12.1 Å². The molecule has 0 bridgehead atoms. The molecule has 0 aromatic heterocycles. The summed E-state index contributed by atoms with van der Waals surface area (Å²) in [6.07, 6.45) is 5.93. The van der Waals surface area contributed by atoms with Crippen LogP contribution in [0.1, 0.15) is 45.4 Å². The molecule has 0 atom stereocenters. The third-order valence-corrected chi connectivity index (χ3v) is 7.58. The Morgan fingerprint density at radius 3 is 2.09 bits per heavy atom. The summed E-state index contributed by atoms with van der Waals surface area (Å²) in [7, 11) is 6.93. The van der Waals surface area contributed by atoms with Crippen LogP contribution in [0.3, 0.4) is 0 Å². The molecule has 22 heavy (non-hydrogen) atoms. The van der Waals surface area contributed by atoms with E-state index in [2.05, 4.69) is 6.92 Å². The lowest BCUT2D eigenvalue weighted by molar-refractivity contribution is -0.218. The van der Waals surface area contributed by atoms with E-state index in [0.717, 1.165) is 32.1 Å². The van der Waals surface area contributed by atoms with Crippen molar-refractivity contribution in [3.8, 4) is 0 Å². The van der Waals surface area contributed by atoms with E-state index >= 15 is 0 Å². The van der Waals surface area contributed by atoms with Gasteiger partial charge in [-0.1, -0.05) is 13.3 Å². The molecule has 1 saturated heterocycles. The Kier molecular flexibility index (Phi) is 9.74. The van der Waals surface area contributed by atoms with Crippen molar-refractivity contribution in [3.63, 3.8) is 0 Å². The molecule has 0 aromatic carbocycles. The van der Waals surface area contributed by atoms with Crippen LogP contribution in [0.5, 0.6) is 0 Å². The van der Waals surface area contributed by atoms with Gasteiger partial charge in [-0.05, 0) is 24.3 Å². The first-order valence-electron chi connectivity index (χ1n) is 8.03. The van der Waals surface area contributed by atoms with E-state index in [-0.39, 0.29) is 10.4 Å². The molecule has 132 valence electrons. The van der Waals surface area contributed by atoms with Gasteiger partial charge in [0.2, 0.25) is 0 Å². The van der Waals surface area contributed by atoms with Gasteiger partial charge in [0.1, 0.15) is 0 Å². The zero-order valence-corrected chi connectivity index (χ0v) is 16.3. The molecule has 0 aliphatic carbocycles. The topological polar surface area (TPSA) is 36.9 Å². The monoisotopic (exact) mass is 352 g/mol. The maximum absolute atomic E-state index is 5.84. The first-order chi connectivity index (χ1) is 10.6. The second kappa shape index (κ2) is 10.4. The summed E-state index contributed by atoms with van der Waals surface area (Å²) in [5.41, 5.74) is 0. The highest BCUT2D eigenvalue weighted by Crippen LogP contribution is 2.51. The fourth-order valence-electron chi connectivity index (χ4n) is 2.80. The fraction of sp³-hybridized carbons (Fsp3) is 1.00. The Bertz CT molecular complexity index is 288. The average molecular weight is 353 g/mol. The van der Waals surface area contributed by atoms with Crippen molar-refractivity contribution >= 4 is 23.5 Å². The molecule has 1 rings (SSSR count). The molecule has 0 amide bonds. The van der Waals surface area contributed by atoms with Crippen LogP contribution in [0, 0.1) is 0 Å². The van der Waals surface area contributed by atoms with Gasteiger partial charge in [0.25, 0.3) is 0 Å². The van der Waals surface area contributed by atoms with Crippen molar-refractivity contribution in [1.29, 1.82) is 0 Å². The van der Waals surface area contributed by atoms with Gasteiger partial charge in [-0.2, -0.15) is 0 Å². The highest BCUT2D eigenvalue weighted by molar-refractivity contribution is 8.18. The highest BCUT2D eigenvalue weighted by atomic mass is 32.2. The van der Waals surface area contributed by atoms with Crippen molar-refractivity contribution in [3.05, 3.63) is 0 Å². The molecular formula is C16H32O4S2. The molecule has 1 fully saturated rings. The zero-order chi connectivity index (χ0) is 16.5. The van der Waals surface area contributed by atoms with Gasteiger partial charge < -0.3 is 18.9 Å². The molecule has 0 spiro atoms. The number of ether oxygens (including phenoxy) is 4. The Balaban J connectivity index is 2.89. The van der Waals surface area contributed by atoms with Crippen molar-refractivity contribution in [2.75, 3.05) is 39.9 Å². The number of rotatable bonds is 11. The van der Waals surface area contributed by atoms with Crippen LogP contribution < -0.4 is 0 Å². The van der Waals surface area contributed by atoms with E-state index < -0.39 is 5.79 Å². The third kappa shape index (κ3) is 5.87. The van der Waals surface area contributed by atoms with Crippen LogP contribution in [0.4, 0.5) is 0 Å². The summed E-state index contributed by atoms with van der Waals surface area (Å²) in [6, 6.07) is 0. The number of hydrogen-bond acceptors (Lipinski definition) is 6. The molecule has 0 unspecified atom stereocenters. The minimum atomic E-state index is -0.515. The summed E-state index contributed by atoms with van der Waals surface area (Å²) in [5.74, 6) is 1.83. The average Bonchev–Trinajstić information content (AvgIpc) is 2.57. The van der Waals surface area contributed by atoms with Crippen LogP contribution >= 0.6 is 23.5 Å². The lowest BCUT2D eigenvalue weighted by Gasteiger charge is -2.44. The summed E-state index contributed by atoms with van der Waals surface area (Å²) in [4.78, 5) is 0. The van der Waals surface area contributed by atoms with Gasteiger partial charge in [0.05, 0.1) is 4.08 Å². The maximum Gasteiger partial charge on any atom is 0.169 e. The molecule has 1 heterocycles. The maximum atomic E-state index is 5.84. The molecule has 0 saturated carbocycles. The molecule has 0 aromatic rings. The minimum absolute atomic E-state index is 0.0225. The van der Waals surface area contributed by atoms with E-state index in [9.17, 15) is 0 Å². The quantitative estimate of drug-likeness (QED) is 0.520. The summed E-state index contributed by atoms with van der Waals surface area (Å²) >= 11 is 4.01. The summed E-state index contributed by atoms with van der Waals surface area (Å²) in [6.45, 7) is 2.20. The number of hydrogen-bond donors (Lipinski definition) is 0. The smallest absolute Gasteiger partial charge is 0.169 e. The van der Waals surface area contributed by atoms with Gasteiger partial charge in [0, 0.05) is 47.7 Å². The molecular weight excluding hydrogens is 320 g/mol. The lowest BCUT2D eigenvalue weighted by atomic mass is 10.0. The Morgan fingerprint density at radius 1 is 1.05 bits per heavy atom. The van der Waals surface area contributed by atoms with Crippen molar-refractivity contribution in [2.24, 2.45) is 0 Å². The predicted octanol–water partition coefficient (Wildman–Crippen LogP) is 4.13. The van der Waals surface area contributed by atoms with E-state index in [1.807, 2.05) is 23.5 Å². The lowest BCUT2D eigenvalue weighted by Crippen LogP contribution is -2.44. The Labute approximate surface area is 144 Å². The largest absolute Gasteiger partial charge is 0.356 e. The number of unbranched alkanes of at least 4 members (excludes halogenated alkanes) is 1. The van der Waals surface area contributed by atoms with E-state index in [0.29, 0.717) is 0 Å². The molecule has 1 aliphatic rings. The first-order valence-corrected chi connectivity index (χ1v) is 10.00. The van der Waals surface area contributed by atoms with Gasteiger partial charge in [-0.15, -0.1) is 23.5 Å². The van der Waals surface area contributed by atoms with Crippen molar-refractivity contribution in [2.45, 2.75) is 61.6 Å². The molecule has 1 aliphatic heterocycles. The molecule has 4 nitrogen and oxygen atoms in total. The molecule has 0 radical (unpaired) electrons. The summed E-state index contributed by atoms with van der Waals surface area (Å²) < 4.78 is 22.6. The second-order valence-electron chi connectivity index (χ2n) is 5.67. The normalized spacial score (nSPS) is 18.8. The fourth-order valence-corrected chi connectivity index (χ4v) is 6.29. The van der Waals surface area contributed by atoms with Crippen LogP contribution in [0.2, 0.25) is 0 Å². The van der Waals surface area contributed by atoms with E-state index in [1.54, 1.807) is 28.4 Å². The van der Waals surface area contributed by atoms with Crippen LogP contribution in [0.15, 0.2) is 0 Å². The molecule has 0 N–H and O–H groups in total. The van der Waals surface area contributed by atoms with E-state index in [4.69, 9.17) is 18.9 Å². The van der Waals surface area contributed by atoms with E-state index in [1.165, 1.54) is 17.9 Å². The van der Waals surface area contributed by atoms with Gasteiger partial charge >= 0.3 is 0 Å². The van der Waals surface area contributed by atoms with Gasteiger partial charge in [-0.3, -0.25) is 0 Å². The third-order valence-electron chi connectivity index (χ3n) is 4.22. The van der Waals surface area contributed by atoms with Crippen LogP contribution in [0.25, 0.3) is 0 Å². The van der Waals surface area contributed by atoms with Gasteiger partial charge in [-0.25, -0.2) is 0 Å². The van der Waals surface area contributed by atoms with Crippen LogP contribution in [-0.2, 0) is 18.9 Å². The Morgan fingerprint density at radius 2 is 1.64 bits per heavy atom. The summed E-state index contributed by atoms with van der Waals surface area (Å²) in [5, 5.41) is 0. The SMILES string of the molecule is CCCCC(CC1(CC(OC)OC)SCCCS1)(OC)OC. The number of thioether (sulfide) groups is 2. The highest BCUT2D eigenvalue weighted by Gasteiger charge is 2.45. The number of methoxy groups -OCH3 is 4. The zero-order valence-electron chi connectivity index (χ0n) is 14.7. The van der Waals surface area contributed by atoms with Crippen LogP contribution in [-0.4, -0.2) is 56.1 Å². The standard InChI is InChI=1S/C16H32O4S2/c1-6-7-9-15(19-4,20-5)13-16(12-14(17-2)18-3)21-10-8-11-22-16/h14H,6-13H2,1-5H3. The predicted molar refractivity (Wildman–Crippen MR) is 95.6 cm³/mol. The Hall–Kier alpha value is 0.540.